The van der Waals surface area contributed by atoms with Crippen molar-refractivity contribution in [2.24, 2.45) is 5.73 Å². The summed E-state index contributed by atoms with van der Waals surface area (Å²) in [6, 6.07) is 0. The molecule has 1 amide bonds. The van der Waals surface area contributed by atoms with E-state index in [1.807, 2.05) is 4.90 Å². The molecule has 1 aliphatic rings. The van der Waals surface area contributed by atoms with Crippen LogP contribution in [-0.2, 0) is 4.79 Å². The summed E-state index contributed by atoms with van der Waals surface area (Å²) in [5.41, 5.74) is 6.57. The molecule has 0 unspecified atom stereocenters. The van der Waals surface area contributed by atoms with Crippen LogP contribution in [0, 0.1) is 0 Å². The highest BCUT2D eigenvalue weighted by atomic mass is 16.2. The number of hydrogen-bond acceptors (Lipinski definition) is 3. The normalized spacial score (nSPS) is 18.7. The van der Waals surface area contributed by atoms with Gasteiger partial charge in [0.2, 0.25) is 5.91 Å². The van der Waals surface area contributed by atoms with Crippen LogP contribution in [0.4, 0.5) is 0 Å². The van der Waals surface area contributed by atoms with Gasteiger partial charge in [0.25, 0.3) is 0 Å². The lowest BCUT2D eigenvalue weighted by Gasteiger charge is -2.21. The van der Waals surface area contributed by atoms with Crippen LogP contribution in [0.1, 0.15) is 13.3 Å². The van der Waals surface area contributed by atoms with E-state index >= 15 is 0 Å². The first-order chi connectivity index (χ1) is 7.13. The van der Waals surface area contributed by atoms with E-state index in [0.29, 0.717) is 6.54 Å². The fraction of sp³-hybridized carbons (Fsp3) is 0.727. The summed E-state index contributed by atoms with van der Waals surface area (Å²) in [7, 11) is 0. The third kappa shape index (κ3) is 4.01. The first kappa shape index (κ1) is 12.2. The SMILES string of the molecule is C=C(CN)CN1CCCN(C(C)=O)CC1. The van der Waals surface area contributed by atoms with Crippen LogP contribution in [0.25, 0.3) is 0 Å². The second kappa shape index (κ2) is 5.88. The van der Waals surface area contributed by atoms with E-state index in [0.717, 1.165) is 44.7 Å². The van der Waals surface area contributed by atoms with Crippen LogP contribution in [0.15, 0.2) is 12.2 Å². The molecule has 4 nitrogen and oxygen atoms in total. The number of carbonyl (C=O) groups is 1. The Balaban J connectivity index is 2.39. The number of amides is 1. The zero-order valence-corrected chi connectivity index (χ0v) is 9.54. The zero-order valence-electron chi connectivity index (χ0n) is 9.54. The Labute approximate surface area is 91.7 Å². The van der Waals surface area contributed by atoms with E-state index in [-0.39, 0.29) is 5.91 Å². The van der Waals surface area contributed by atoms with Gasteiger partial charge in [-0.3, -0.25) is 9.69 Å². The van der Waals surface area contributed by atoms with Crippen molar-refractivity contribution in [2.75, 3.05) is 39.3 Å². The van der Waals surface area contributed by atoms with Crippen molar-refractivity contribution in [3.8, 4) is 0 Å². The van der Waals surface area contributed by atoms with E-state index in [2.05, 4.69) is 11.5 Å². The van der Waals surface area contributed by atoms with Crippen molar-refractivity contribution < 1.29 is 4.79 Å². The molecule has 0 atom stereocenters. The predicted molar refractivity (Wildman–Crippen MR) is 61.5 cm³/mol. The maximum Gasteiger partial charge on any atom is 0.219 e. The predicted octanol–water partition coefficient (Wildman–Crippen LogP) is 0.0555. The topological polar surface area (TPSA) is 49.6 Å². The molecule has 1 heterocycles. The second-order valence-electron chi connectivity index (χ2n) is 4.09. The Morgan fingerprint density at radius 3 is 2.67 bits per heavy atom. The van der Waals surface area contributed by atoms with Gasteiger partial charge < -0.3 is 10.6 Å². The van der Waals surface area contributed by atoms with Crippen molar-refractivity contribution >= 4 is 5.91 Å². The molecule has 0 aliphatic carbocycles. The van der Waals surface area contributed by atoms with Crippen LogP contribution < -0.4 is 5.73 Å². The van der Waals surface area contributed by atoms with Crippen molar-refractivity contribution in [1.82, 2.24) is 9.80 Å². The summed E-state index contributed by atoms with van der Waals surface area (Å²) in [5, 5.41) is 0. The molecule has 2 N–H and O–H groups in total. The van der Waals surface area contributed by atoms with E-state index in [1.54, 1.807) is 6.92 Å². The molecule has 0 bridgehead atoms. The van der Waals surface area contributed by atoms with Crippen molar-refractivity contribution in [3.63, 3.8) is 0 Å². The molecule has 0 spiro atoms. The molecule has 0 saturated carbocycles. The van der Waals surface area contributed by atoms with Gasteiger partial charge in [-0.1, -0.05) is 6.58 Å². The first-order valence-corrected chi connectivity index (χ1v) is 5.48. The standard InChI is InChI=1S/C11H21N3O/c1-10(8-12)9-13-4-3-5-14(7-6-13)11(2)15/h1,3-9,12H2,2H3. The molecular weight excluding hydrogens is 190 g/mol. The van der Waals surface area contributed by atoms with Crippen LogP contribution in [0.2, 0.25) is 0 Å². The highest BCUT2D eigenvalue weighted by Gasteiger charge is 2.16. The van der Waals surface area contributed by atoms with E-state index < -0.39 is 0 Å². The summed E-state index contributed by atoms with van der Waals surface area (Å²) in [4.78, 5) is 15.4. The van der Waals surface area contributed by atoms with Gasteiger partial charge in [-0.2, -0.15) is 0 Å². The molecule has 1 saturated heterocycles. The Kier molecular flexibility index (Phi) is 4.78. The lowest BCUT2D eigenvalue weighted by atomic mass is 10.2. The summed E-state index contributed by atoms with van der Waals surface area (Å²) < 4.78 is 0. The molecule has 1 fully saturated rings. The van der Waals surface area contributed by atoms with Crippen molar-refractivity contribution in [3.05, 3.63) is 12.2 Å². The largest absolute Gasteiger partial charge is 0.342 e. The second-order valence-corrected chi connectivity index (χ2v) is 4.09. The summed E-state index contributed by atoms with van der Waals surface area (Å²) in [6.07, 6.45) is 1.04. The van der Waals surface area contributed by atoms with Crippen LogP contribution in [-0.4, -0.2) is 55.0 Å². The Hall–Kier alpha value is -0.870. The maximum absolute atomic E-state index is 11.2. The Morgan fingerprint density at radius 1 is 1.33 bits per heavy atom. The number of carbonyl (C=O) groups excluding carboxylic acids is 1. The highest BCUT2D eigenvalue weighted by molar-refractivity contribution is 5.73. The van der Waals surface area contributed by atoms with Gasteiger partial charge in [-0.05, 0) is 12.0 Å². The summed E-state index contributed by atoms with van der Waals surface area (Å²) in [5.74, 6) is 0.175. The molecule has 0 aromatic carbocycles. The van der Waals surface area contributed by atoms with Gasteiger partial charge >= 0.3 is 0 Å². The van der Waals surface area contributed by atoms with Gasteiger partial charge in [0.05, 0.1) is 0 Å². The lowest BCUT2D eigenvalue weighted by Crippen LogP contribution is -2.34. The number of rotatable bonds is 3. The van der Waals surface area contributed by atoms with Crippen molar-refractivity contribution in [2.45, 2.75) is 13.3 Å². The number of nitrogens with zero attached hydrogens (tertiary/aromatic N) is 2. The average Bonchev–Trinajstić information content (AvgIpc) is 2.43. The minimum absolute atomic E-state index is 0.175. The molecular formula is C11H21N3O. The third-order valence-corrected chi connectivity index (χ3v) is 2.77. The van der Waals surface area contributed by atoms with Gasteiger partial charge in [0.1, 0.15) is 0 Å². The molecule has 4 heteroatoms. The fourth-order valence-corrected chi connectivity index (χ4v) is 1.82. The summed E-state index contributed by atoms with van der Waals surface area (Å²) in [6.45, 7) is 10.6. The van der Waals surface area contributed by atoms with E-state index in [1.165, 1.54) is 0 Å². The molecule has 1 aliphatic heterocycles. The Morgan fingerprint density at radius 2 is 2.07 bits per heavy atom. The van der Waals surface area contributed by atoms with Crippen LogP contribution in [0.3, 0.4) is 0 Å². The van der Waals surface area contributed by atoms with Crippen molar-refractivity contribution in [1.29, 1.82) is 0 Å². The molecule has 0 radical (unpaired) electrons. The van der Waals surface area contributed by atoms with Gasteiger partial charge in [0, 0.05) is 46.2 Å². The number of nitrogens with two attached hydrogens (primary N) is 1. The minimum Gasteiger partial charge on any atom is -0.342 e. The van der Waals surface area contributed by atoms with Gasteiger partial charge in [0.15, 0.2) is 0 Å². The molecule has 0 aromatic rings. The summed E-state index contributed by atoms with van der Waals surface area (Å²) >= 11 is 0. The molecule has 86 valence electrons. The lowest BCUT2D eigenvalue weighted by molar-refractivity contribution is -0.128. The highest BCUT2D eigenvalue weighted by Crippen LogP contribution is 2.05. The Bertz CT molecular complexity index is 240. The third-order valence-electron chi connectivity index (χ3n) is 2.77. The fourth-order valence-electron chi connectivity index (χ4n) is 1.82. The first-order valence-electron chi connectivity index (χ1n) is 5.48. The molecule has 0 aromatic heterocycles. The molecule has 1 rings (SSSR count). The van der Waals surface area contributed by atoms with Crippen LogP contribution >= 0.6 is 0 Å². The minimum atomic E-state index is 0.175. The molecule has 15 heavy (non-hydrogen) atoms. The van der Waals surface area contributed by atoms with E-state index in [4.69, 9.17) is 5.73 Å². The average molecular weight is 211 g/mol. The van der Waals surface area contributed by atoms with Gasteiger partial charge in [-0.15, -0.1) is 0 Å². The smallest absolute Gasteiger partial charge is 0.219 e. The zero-order chi connectivity index (χ0) is 11.3. The quantitative estimate of drug-likeness (QED) is 0.671. The maximum atomic E-state index is 11.2. The van der Waals surface area contributed by atoms with Gasteiger partial charge in [-0.25, -0.2) is 0 Å². The van der Waals surface area contributed by atoms with E-state index in [9.17, 15) is 4.79 Å². The monoisotopic (exact) mass is 211 g/mol. The van der Waals surface area contributed by atoms with Crippen LogP contribution in [0.5, 0.6) is 0 Å². The number of hydrogen-bond donors (Lipinski definition) is 1.